The Kier molecular flexibility index (Phi) is 7.39. The molecule has 1 fully saturated rings. The highest BCUT2D eigenvalue weighted by Gasteiger charge is 2.32. The molecule has 0 bridgehead atoms. The van der Waals surface area contributed by atoms with Gasteiger partial charge in [0.25, 0.3) is 5.89 Å². The molecule has 0 atom stereocenters. The molecule has 0 unspecified atom stereocenters. The molecule has 0 saturated heterocycles. The number of nitrogens with zero attached hydrogens (tertiary/aromatic N) is 3. The fraction of sp³-hybridized carbons (Fsp3) is 0.444. The van der Waals surface area contributed by atoms with Gasteiger partial charge in [0.05, 0.1) is 5.92 Å². The maximum absolute atomic E-state index is 11.2. The highest BCUT2D eigenvalue weighted by Crippen LogP contribution is 2.35. The Balaban J connectivity index is 0.00000274. The van der Waals surface area contributed by atoms with E-state index < -0.39 is 5.97 Å². The monoisotopic (exact) mass is 481 g/mol. The van der Waals surface area contributed by atoms with Crippen molar-refractivity contribution in [2.24, 2.45) is 11.8 Å². The second kappa shape index (κ2) is 10.3. The SMILES string of the molecule is CC(C)Cc1ccc(-c2nc(-c3ccc4c(c3)CN(C3CCC(C(=O)O)CC3)C4)no2)cc1.Cl. The van der Waals surface area contributed by atoms with E-state index in [0.717, 1.165) is 56.3 Å². The number of aliphatic carboxylic acids is 1. The number of benzene rings is 2. The Bertz CT molecular complexity index is 1130. The lowest BCUT2D eigenvalue weighted by Gasteiger charge is -2.33. The lowest BCUT2D eigenvalue weighted by atomic mass is 9.85. The van der Waals surface area contributed by atoms with Crippen LogP contribution in [0.2, 0.25) is 0 Å². The first-order valence-electron chi connectivity index (χ1n) is 12.0. The van der Waals surface area contributed by atoms with Crippen molar-refractivity contribution >= 4 is 18.4 Å². The molecule has 1 aromatic heterocycles. The second-order valence-corrected chi connectivity index (χ2v) is 9.95. The van der Waals surface area contributed by atoms with Crippen LogP contribution in [0.5, 0.6) is 0 Å². The van der Waals surface area contributed by atoms with Crippen molar-refractivity contribution in [1.29, 1.82) is 0 Å². The number of hydrogen-bond donors (Lipinski definition) is 1. The summed E-state index contributed by atoms with van der Waals surface area (Å²) in [5.74, 6) is 0.963. The molecule has 1 aliphatic carbocycles. The van der Waals surface area contributed by atoms with Gasteiger partial charge in [-0.2, -0.15) is 4.98 Å². The summed E-state index contributed by atoms with van der Waals surface area (Å²) in [6.07, 6.45) is 4.54. The molecular weight excluding hydrogens is 450 g/mol. The van der Waals surface area contributed by atoms with Gasteiger partial charge in [0, 0.05) is 30.3 Å². The first-order valence-corrected chi connectivity index (χ1v) is 12.0. The third kappa shape index (κ3) is 5.18. The van der Waals surface area contributed by atoms with Crippen LogP contribution in [0.1, 0.15) is 56.2 Å². The standard InChI is InChI=1S/C27H31N3O3.ClH/c1-17(2)13-18-3-5-19(6-4-18)26-28-25(29-33-26)21-7-8-22-15-30(16-23(22)14-21)24-11-9-20(10-12-24)27(31)32;/h3-8,14,17,20,24H,9-13,15-16H2,1-2H3,(H,31,32);1H. The summed E-state index contributed by atoms with van der Waals surface area (Å²) in [5, 5.41) is 13.5. The molecule has 1 N–H and O–H groups in total. The van der Waals surface area contributed by atoms with Crippen LogP contribution in [-0.2, 0) is 24.3 Å². The fourth-order valence-corrected chi connectivity index (χ4v) is 5.22. The van der Waals surface area contributed by atoms with Gasteiger partial charge in [0.15, 0.2) is 0 Å². The van der Waals surface area contributed by atoms with Gasteiger partial charge in [0.2, 0.25) is 5.82 Å². The van der Waals surface area contributed by atoms with E-state index in [1.165, 1.54) is 16.7 Å². The molecular formula is C27H32ClN3O3. The number of rotatable bonds is 6. The summed E-state index contributed by atoms with van der Waals surface area (Å²) >= 11 is 0. The number of hydrogen-bond acceptors (Lipinski definition) is 5. The summed E-state index contributed by atoms with van der Waals surface area (Å²) in [6, 6.07) is 15.3. The Morgan fingerprint density at radius 2 is 1.71 bits per heavy atom. The van der Waals surface area contributed by atoms with Gasteiger partial charge in [-0.3, -0.25) is 9.69 Å². The maximum atomic E-state index is 11.2. The molecule has 1 aliphatic heterocycles. The molecule has 5 rings (SSSR count). The van der Waals surface area contributed by atoms with Gasteiger partial charge in [-0.05, 0) is 72.9 Å². The minimum Gasteiger partial charge on any atom is -0.481 e. The zero-order chi connectivity index (χ0) is 22.9. The average Bonchev–Trinajstić information content (AvgIpc) is 3.46. The van der Waals surface area contributed by atoms with E-state index >= 15 is 0 Å². The van der Waals surface area contributed by atoms with Crippen LogP contribution in [0.15, 0.2) is 47.0 Å². The Labute approximate surface area is 206 Å². The average molecular weight is 482 g/mol. The van der Waals surface area contributed by atoms with E-state index in [9.17, 15) is 9.90 Å². The van der Waals surface area contributed by atoms with Gasteiger partial charge in [-0.1, -0.05) is 43.3 Å². The van der Waals surface area contributed by atoms with E-state index in [0.29, 0.717) is 23.7 Å². The molecule has 2 aliphatic rings. The molecule has 34 heavy (non-hydrogen) atoms. The zero-order valence-corrected chi connectivity index (χ0v) is 20.6. The van der Waals surface area contributed by atoms with Crippen molar-refractivity contribution < 1.29 is 14.4 Å². The topological polar surface area (TPSA) is 79.5 Å². The van der Waals surface area contributed by atoms with Gasteiger partial charge in [-0.15, -0.1) is 12.4 Å². The van der Waals surface area contributed by atoms with Crippen molar-refractivity contribution in [3.63, 3.8) is 0 Å². The first-order chi connectivity index (χ1) is 16.0. The fourth-order valence-electron chi connectivity index (χ4n) is 5.22. The predicted octanol–water partition coefficient (Wildman–Crippen LogP) is 5.98. The van der Waals surface area contributed by atoms with Crippen LogP contribution >= 0.6 is 12.4 Å². The summed E-state index contributed by atoms with van der Waals surface area (Å²) in [5.41, 5.74) is 5.86. The van der Waals surface area contributed by atoms with Gasteiger partial charge in [0.1, 0.15) is 0 Å². The lowest BCUT2D eigenvalue weighted by Crippen LogP contribution is -2.35. The third-order valence-electron chi connectivity index (χ3n) is 7.04. The number of carbonyl (C=O) groups is 1. The maximum Gasteiger partial charge on any atom is 0.306 e. The molecule has 6 nitrogen and oxygen atoms in total. The molecule has 1 saturated carbocycles. The quantitative estimate of drug-likeness (QED) is 0.466. The molecule has 0 spiro atoms. The normalized spacial score (nSPS) is 20.2. The molecule has 3 aromatic rings. The predicted molar refractivity (Wildman–Crippen MR) is 134 cm³/mol. The van der Waals surface area contributed by atoms with E-state index in [-0.39, 0.29) is 18.3 Å². The van der Waals surface area contributed by atoms with E-state index in [1.807, 2.05) is 0 Å². The van der Waals surface area contributed by atoms with Crippen molar-refractivity contribution in [2.75, 3.05) is 0 Å². The molecule has 0 amide bonds. The Morgan fingerprint density at radius 1 is 1.03 bits per heavy atom. The van der Waals surface area contributed by atoms with Gasteiger partial charge >= 0.3 is 5.97 Å². The molecule has 0 radical (unpaired) electrons. The van der Waals surface area contributed by atoms with Crippen molar-refractivity contribution in [1.82, 2.24) is 15.0 Å². The minimum atomic E-state index is -0.645. The zero-order valence-electron chi connectivity index (χ0n) is 19.7. The van der Waals surface area contributed by atoms with Crippen LogP contribution in [0.3, 0.4) is 0 Å². The van der Waals surface area contributed by atoms with E-state index in [2.05, 4.69) is 71.4 Å². The smallest absolute Gasteiger partial charge is 0.306 e. The molecule has 2 aromatic carbocycles. The Hall–Kier alpha value is -2.70. The number of carboxylic acids is 1. The highest BCUT2D eigenvalue weighted by molar-refractivity contribution is 5.85. The minimum absolute atomic E-state index is 0. The number of carboxylic acid groups (broad SMARTS) is 1. The Morgan fingerprint density at radius 3 is 2.38 bits per heavy atom. The summed E-state index contributed by atoms with van der Waals surface area (Å²) in [7, 11) is 0. The van der Waals surface area contributed by atoms with Crippen LogP contribution in [-0.4, -0.2) is 32.2 Å². The van der Waals surface area contributed by atoms with Crippen LogP contribution in [0.4, 0.5) is 0 Å². The highest BCUT2D eigenvalue weighted by atomic mass is 35.5. The van der Waals surface area contributed by atoms with E-state index in [1.54, 1.807) is 0 Å². The largest absolute Gasteiger partial charge is 0.481 e. The van der Waals surface area contributed by atoms with Crippen molar-refractivity contribution in [2.45, 2.75) is 65.1 Å². The summed E-state index contributed by atoms with van der Waals surface area (Å²) < 4.78 is 5.57. The number of halogens is 1. The van der Waals surface area contributed by atoms with Crippen LogP contribution < -0.4 is 0 Å². The molecule has 2 heterocycles. The van der Waals surface area contributed by atoms with Crippen molar-refractivity contribution in [3.05, 3.63) is 59.2 Å². The number of aromatic nitrogens is 2. The van der Waals surface area contributed by atoms with Crippen LogP contribution in [0, 0.1) is 11.8 Å². The lowest BCUT2D eigenvalue weighted by molar-refractivity contribution is -0.143. The number of fused-ring (bicyclic) bond motifs is 1. The first kappa shape index (κ1) is 24.4. The van der Waals surface area contributed by atoms with Crippen molar-refractivity contribution in [3.8, 4) is 22.8 Å². The molecule has 7 heteroatoms. The summed E-state index contributed by atoms with van der Waals surface area (Å²) in [4.78, 5) is 18.4. The van der Waals surface area contributed by atoms with E-state index in [4.69, 9.17) is 4.52 Å². The second-order valence-electron chi connectivity index (χ2n) is 9.95. The summed E-state index contributed by atoms with van der Waals surface area (Å²) in [6.45, 7) is 6.27. The van der Waals surface area contributed by atoms with Gasteiger partial charge in [-0.25, -0.2) is 0 Å². The van der Waals surface area contributed by atoms with Gasteiger partial charge < -0.3 is 9.63 Å². The third-order valence-corrected chi connectivity index (χ3v) is 7.04. The van der Waals surface area contributed by atoms with Crippen LogP contribution in [0.25, 0.3) is 22.8 Å². The molecule has 180 valence electrons.